The monoisotopic (exact) mass is 338 g/mol. The number of rotatable bonds is 7. The lowest BCUT2D eigenvalue weighted by molar-refractivity contribution is -0.151. The molecule has 2 amide bonds. The number of aliphatic carboxylic acids is 1. The van der Waals surface area contributed by atoms with Gasteiger partial charge in [-0.3, -0.25) is 14.4 Å². The standard InChI is InChI=1S/C16H22N2O4S/c1-3-16(4-2,15(21)22)8-11(19)18-14-12(13(17)20)9-6-5-7-10(9)23-14/h3-8H2,1-2H3,(H2,17,20)(H,18,19)(H,21,22). The number of hydrogen-bond acceptors (Lipinski definition) is 4. The molecular weight excluding hydrogens is 316 g/mol. The van der Waals surface area contributed by atoms with Crippen LogP contribution < -0.4 is 11.1 Å². The molecule has 0 fully saturated rings. The summed E-state index contributed by atoms with van der Waals surface area (Å²) in [5.74, 6) is -1.91. The van der Waals surface area contributed by atoms with Gasteiger partial charge in [0.05, 0.1) is 11.0 Å². The van der Waals surface area contributed by atoms with E-state index in [-0.39, 0.29) is 6.42 Å². The maximum Gasteiger partial charge on any atom is 0.310 e. The molecule has 1 aromatic heterocycles. The molecule has 0 radical (unpaired) electrons. The average molecular weight is 338 g/mol. The maximum atomic E-state index is 12.3. The van der Waals surface area contributed by atoms with Gasteiger partial charge in [0.2, 0.25) is 5.91 Å². The fourth-order valence-corrected chi connectivity index (χ4v) is 4.42. The summed E-state index contributed by atoms with van der Waals surface area (Å²) in [6.07, 6.45) is 3.30. The van der Waals surface area contributed by atoms with Gasteiger partial charge in [0.25, 0.3) is 5.91 Å². The Morgan fingerprint density at radius 3 is 2.43 bits per heavy atom. The van der Waals surface area contributed by atoms with Crippen molar-refractivity contribution >= 4 is 34.1 Å². The largest absolute Gasteiger partial charge is 0.481 e. The number of anilines is 1. The third-order valence-corrected chi connectivity index (χ3v) is 5.93. The van der Waals surface area contributed by atoms with Crippen molar-refractivity contribution in [3.05, 3.63) is 16.0 Å². The Kier molecular flexibility index (Phi) is 5.09. The van der Waals surface area contributed by atoms with Crippen LogP contribution in [0.25, 0.3) is 0 Å². The minimum atomic E-state index is -1.07. The zero-order valence-electron chi connectivity index (χ0n) is 13.4. The molecule has 7 heteroatoms. The molecular formula is C16H22N2O4S. The van der Waals surface area contributed by atoms with Gasteiger partial charge in [-0.1, -0.05) is 13.8 Å². The number of amides is 2. The smallest absolute Gasteiger partial charge is 0.310 e. The highest BCUT2D eigenvalue weighted by Gasteiger charge is 2.37. The van der Waals surface area contributed by atoms with Crippen molar-refractivity contribution in [2.75, 3.05) is 5.32 Å². The molecule has 6 nitrogen and oxygen atoms in total. The third kappa shape index (κ3) is 3.24. The number of carbonyl (C=O) groups is 3. The number of fused-ring (bicyclic) bond motifs is 1. The first kappa shape index (κ1) is 17.5. The first-order chi connectivity index (χ1) is 10.8. The normalized spacial score (nSPS) is 13.7. The topological polar surface area (TPSA) is 109 Å². The minimum Gasteiger partial charge on any atom is -0.481 e. The molecule has 0 atom stereocenters. The number of hydrogen-bond donors (Lipinski definition) is 3. The van der Waals surface area contributed by atoms with Crippen LogP contribution in [0.5, 0.6) is 0 Å². The summed E-state index contributed by atoms with van der Waals surface area (Å²) >= 11 is 1.37. The fraction of sp³-hybridized carbons (Fsp3) is 0.562. The molecule has 0 aromatic carbocycles. The van der Waals surface area contributed by atoms with Crippen molar-refractivity contribution in [3.8, 4) is 0 Å². The van der Waals surface area contributed by atoms with Gasteiger partial charge in [0, 0.05) is 11.3 Å². The quantitative estimate of drug-likeness (QED) is 0.709. The van der Waals surface area contributed by atoms with Gasteiger partial charge < -0.3 is 16.2 Å². The Balaban J connectivity index is 2.21. The van der Waals surface area contributed by atoms with Crippen molar-refractivity contribution in [1.29, 1.82) is 0 Å². The lowest BCUT2D eigenvalue weighted by atomic mass is 9.79. The van der Waals surface area contributed by atoms with Crippen molar-refractivity contribution in [2.45, 2.75) is 52.4 Å². The van der Waals surface area contributed by atoms with Crippen LogP contribution in [0.1, 0.15) is 60.3 Å². The number of nitrogens with one attached hydrogen (secondary N) is 1. The van der Waals surface area contributed by atoms with E-state index in [4.69, 9.17) is 5.73 Å². The number of carboxylic acid groups (broad SMARTS) is 1. The zero-order chi connectivity index (χ0) is 17.2. The van der Waals surface area contributed by atoms with Gasteiger partial charge >= 0.3 is 5.97 Å². The number of carbonyl (C=O) groups excluding carboxylic acids is 2. The highest BCUT2D eigenvalue weighted by molar-refractivity contribution is 7.17. The first-order valence-electron chi connectivity index (χ1n) is 7.82. The van der Waals surface area contributed by atoms with Gasteiger partial charge in [0.1, 0.15) is 5.00 Å². The van der Waals surface area contributed by atoms with Crippen molar-refractivity contribution in [3.63, 3.8) is 0 Å². The van der Waals surface area contributed by atoms with Crippen LogP contribution in [-0.2, 0) is 22.4 Å². The molecule has 0 aliphatic heterocycles. The van der Waals surface area contributed by atoms with Crippen LogP contribution in [0.4, 0.5) is 5.00 Å². The summed E-state index contributed by atoms with van der Waals surface area (Å²) in [6.45, 7) is 3.53. The van der Waals surface area contributed by atoms with Crippen LogP contribution in [-0.4, -0.2) is 22.9 Å². The van der Waals surface area contributed by atoms with Crippen molar-refractivity contribution < 1.29 is 19.5 Å². The Morgan fingerprint density at radius 1 is 1.26 bits per heavy atom. The van der Waals surface area contributed by atoms with Crippen LogP contribution in [0.3, 0.4) is 0 Å². The average Bonchev–Trinajstić information content (AvgIpc) is 3.04. The van der Waals surface area contributed by atoms with Gasteiger partial charge in [-0.05, 0) is 37.7 Å². The molecule has 0 saturated heterocycles. The number of aryl methyl sites for hydroxylation is 1. The maximum absolute atomic E-state index is 12.3. The van der Waals surface area contributed by atoms with Gasteiger partial charge in [-0.25, -0.2) is 0 Å². The van der Waals surface area contributed by atoms with Gasteiger partial charge in [0.15, 0.2) is 0 Å². The molecule has 1 heterocycles. The number of nitrogens with two attached hydrogens (primary N) is 1. The summed E-state index contributed by atoms with van der Waals surface area (Å²) in [6, 6.07) is 0. The zero-order valence-corrected chi connectivity index (χ0v) is 14.2. The molecule has 0 spiro atoms. The first-order valence-corrected chi connectivity index (χ1v) is 8.63. The predicted molar refractivity (Wildman–Crippen MR) is 88.8 cm³/mol. The number of primary amides is 1. The summed E-state index contributed by atoms with van der Waals surface area (Å²) in [5.41, 5.74) is 5.72. The highest BCUT2D eigenvalue weighted by Crippen LogP contribution is 2.39. The molecule has 126 valence electrons. The molecule has 0 unspecified atom stereocenters. The van der Waals surface area contributed by atoms with Crippen LogP contribution in [0, 0.1) is 5.41 Å². The van der Waals surface area contributed by atoms with Gasteiger partial charge in [-0.2, -0.15) is 0 Å². The van der Waals surface area contributed by atoms with Crippen LogP contribution in [0.2, 0.25) is 0 Å². The Labute approximate surface area is 139 Å². The minimum absolute atomic E-state index is 0.115. The SMILES string of the molecule is CCC(CC)(CC(=O)Nc1sc2c(c1C(N)=O)CCC2)C(=O)O. The molecule has 0 saturated carbocycles. The molecule has 0 bridgehead atoms. The Bertz CT molecular complexity index is 647. The Hall–Kier alpha value is -1.89. The molecule has 1 aromatic rings. The molecule has 1 aliphatic carbocycles. The molecule has 4 N–H and O–H groups in total. The van der Waals surface area contributed by atoms with E-state index < -0.39 is 23.2 Å². The highest BCUT2D eigenvalue weighted by atomic mass is 32.1. The fourth-order valence-electron chi connectivity index (χ4n) is 3.11. The lowest BCUT2D eigenvalue weighted by Gasteiger charge is -2.25. The van der Waals surface area contributed by atoms with Crippen molar-refractivity contribution in [1.82, 2.24) is 0 Å². The van der Waals surface area contributed by atoms with E-state index in [1.165, 1.54) is 11.3 Å². The number of carboxylic acids is 1. The summed E-state index contributed by atoms with van der Waals surface area (Å²) < 4.78 is 0. The second-order valence-electron chi connectivity index (χ2n) is 5.94. The van der Waals surface area contributed by atoms with Crippen LogP contribution in [0.15, 0.2) is 0 Å². The molecule has 23 heavy (non-hydrogen) atoms. The van der Waals surface area contributed by atoms with E-state index in [1.54, 1.807) is 13.8 Å². The molecule has 2 rings (SSSR count). The summed E-state index contributed by atoms with van der Waals surface area (Å²) in [4.78, 5) is 36.6. The second-order valence-corrected chi connectivity index (χ2v) is 7.05. The van der Waals surface area contributed by atoms with E-state index in [1.807, 2.05) is 0 Å². The van der Waals surface area contributed by atoms with E-state index in [0.29, 0.717) is 23.4 Å². The lowest BCUT2D eigenvalue weighted by Crippen LogP contribution is -2.34. The number of thiophene rings is 1. The third-order valence-electron chi connectivity index (χ3n) is 4.73. The van der Waals surface area contributed by atoms with Crippen LogP contribution >= 0.6 is 11.3 Å². The second kappa shape index (κ2) is 6.70. The van der Waals surface area contributed by atoms with Crippen molar-refractivity contribution in [2.24, 2.45) is 11.1 Å². The van der Waals surface area contributed by atoms with E-state index in [0.717, 1.165) is 29.7 Å². The predicted octanol–water partition coefficient (Wildman–Crippen LogP) is 2.56. The molecule has 1 aliphatic rings. The van der Waals surface area contributed by atoms with E-state index in [2.05, 4.69) is 5.32 Å². The van der Waals surface area contributed by atoms with E-state index in [9.17, 15) is 19.5 Å². The van der Waals surface area contributed by atoms with Gasteiger partial charge in [-0.15, -0.1) is 11.3 Å². The Morgan fingerprint density at radius 2 is 1.91 bits per heavy atom. The summed E-state index contributed by atoms with van der Waals surface area (Å²) in [7, 11) is 0. The summed E-state index contributed by atoms with van der Waals surface area (Å²) in [5, 5.41) is 12.6. The van der Waals surface area contributed by atoms with E-state index >= 15 is 0 Å².